The molecule has 21 heavy (non-hydrogen) atoms. The Morgan fingerprint density at radius 1 is 1.38 bits per heavy atom. The Morgan fingerprint density at radius 3 is 2.76 bits per heavy atom. The molecule has 2 rings (SSSR count). The second-order valence-electron chi connectivity index (χ2n) is 4.43. The van der Waals surface area contributed by atoms with Crippen LogP contribution in [-0.2, 0) is 0 Å². The molecule has 2 aromatic rings. The molecule has 0 saturated heterocycles. The molecule has 1 aromatic heterocycles. The van der Waals surface area contributed by atoms with Crippen LogP contribution in [0.25, 0.3) is 12.2 Å². The van der Waals surface area contributed by atoms with Gasteiger partial charge in [0.2, 0.25) is 0 Å². The standard InChI is InChI=1S/C15H14FN3O2/c1-9-7-10(3-5-12(9)16)4-6-13-18-8-11(14(20)17-2)15(21)19-13/h3-8H,1-2H3,(H,17,20)(H,18,19,21)/b6-4+. The molecule has 0 atom stereocenters. The highest BCUT2D eigenvalue weighted by Gasteiger charge is 2.08. The van der Waals surface area contributed by atoms with E-state index < -0.39 is 11.5 Å². The summed E-state index contributed by atoms with van der Waals surface area (Å²) in [5.74, 6) is -0.448. The van der Waals surface area contributed by atoms with Crippen LogP contribution in [0.1, 0.15) is 27.3 Å². The van der Waals surface area contributed by atoms with Crippen molar-refractivity contribution >= 4 is 18.1 Å². The van der Waals surface area contributed by atoms with Gasteiger partial charge in [-0.2, -0.15) is 0 Å². The van der Waals surface area contributed by atoms with Gasteiger partial charge in [-0.3, -0.25) is 9.59 Å². The van der Waals surface area contributed by atoms with Gasteiger partial charge in [-0.25, -0.2) is 9.37 Å². The molecule has 1 heterocycles. The van der Waals surface area contributed by atoms with E-state index in [1.807, 2.05) is 0 Å². The zero-order valence-corrected chi connectivity index (χ0v) is 11.6. The number of halogens is 1. The van der Waals surface area contributed by atoms with Crippen LogP contribution in [0.3, 0.4) is 0 Å². The third-order valence-electron chi connectivity index (χ3n) is 2.91. The van der Waals surface area contributed by atoms with Crippen molar-refractivity contribution in [3.8, 4) is 0 Å². The summed E-state index contributed by atoms with van der Waals surface area (Å²) in [6, 6.07) is 4.68. The number of nitrogens with one attached hydrogen (secondary N) is 2. The van der Waals surface area contributed by atoms with Gasteiger partial charge in [-0.05, 0) is 36.3 Å². The predicted octanol–water partition coefficient (Wildman–Crippen LogP) is 1.75. The van der Waals surface area contributed by atoms with E-state index in [0.717, 1.165) is 5.56 Å². The number of aromatic amines is 1. The summed E-state index contributed by atoms with van der Waals surface area (Å²) in [6.45, 7) is 1.67. The summed E-state index contributed by atoms with van der Waals surface area (Å²) in [6.07, 6.45) is 4.50. The molecule has 6 heteroatoms. The lowest BCUT2D eigenvalue weighted by molar-refractivity contribution is 0.0961. The van der Waals surface area contributed by atoms with Gasteiger partial charge in [0.05, 0.1) is 0 Å². The largest absolute Gasteiger partial charge is 0.355 e. The molecule has 0 unspecified atom stereocenters. The minimum atomic E-state index is -0.515. The van der Waals surface area contributed by atoms with Gasteiger partial charge in [-0.15, -0.1) is 0 Å². The second-order valence-corrected chi connectivity index (χ2v) is 4.43. The molecule has 0 spiro atoms. The van der Waals surface area contributed by atoms with E-state index >= 15 is 0 Å². The minimum absolute atomic E-state index is 0.0488. The van der Waals surface area contributed by atoms with E-state index in [-0.39, 0.29) is 11.4 Å². The lowest BCUT2D eigenvalue weighted by Gasteiger charge is -2.00. The molecule has 0 radical (unpaired) electrons. The van der Waals surface area contributed by atoms with Gasteiger partial charge < -0.3 is 10.3 Å². The van der Waals surface area contributed by atoms with Crippen molar-refractivity contribution in [3.05, 3.63) is 63.1 Å². The Morgan fingerprint density at radius 2 is 2.14 bits per heavy atom. The van der Waals surface area contributed by atoms with Crippen molar-refractivity contribution in [2.75, 3.05) is 7.05 Å². The molecular formula is C15H14FN3O2. The molecule has 0 aliphatic heterocycles. The summed E-state index contributed by atoms with van der Waals surface area (Å²) < 4.78 is 13.1. The highest BCUT2D eigenvalue weighted by Crippen LogP contribution is 2.11. The van der Waals surface area contributed by atoms with Crippen LogP contribution in [0.2, 0.25) is 0 Å². The van der Waals surface area contributed by atoms with E-state index in [2.05, 4.69) is 15.3 Å². The van der Waals surface area contributed by atoms with Crippen LogP contribution in [0, 0.1) is 12.7 Å². The maximum Gasteiger partial charge on any atom is 0.263 e. The summed E-state index contributed by atoms with van der Waals surface area (Å²) in [7, 11) is 1.44. The molecule has 5 nitrogen and oxygen atoms in total. The van der Waals surface area contributed by atoms with Crippen LogP contribution < -0.4 is 10.9 Å². The SMILES string of the molecule is CNC(=O)c1cnc(/C=C/c2ccc(F)c(C)c2)[nH]c1=O. The number of benzene rings is 1. The molecular weight excluding hydrogens is 273 g/mol. The number of H-pyrrole nitrogens is 1. The molecule has 0 saturated carbocycles. The lowest BCUT2D eigenvalue weighted by atomic mass is 10.1. The number of nitrogens with zero attached hydrogens (tertiary/aromatic N) is 1. The number of aromatic nitrogens is 2. The molecule has 0 aliphatic carbocycles. The van der Waals surface area contributed by atoms with E-state index in [1.54, 1.807) is 31.2 Å². The maximum atomic E-state index is 13.1. The van der Waals surface area contributed by atoms with Crippen molar-refractivity contribution in [3.63, 3.8) is 0 Å². The second kappa shape index (κ2) is 6.13. The van der Waals surface area contributed by atoms with Crippen LogP contribution >= 0.6 is 0 Å². The summed E-state index contributed by atoms with van der Waals surface area (Å²) >= 11 is 0. The Balaban J connectivity index is 2.25. The van der Waals surface area contributed by atoms with Crippen molar-refractivity contribution < 1.29 is 9.18 Å². The Hall–Kier alpha value is -2.76. The van der Waals surface area contributed by atoms with Crippen LogP contribution in [0.5, 0.6) is 0 Å². The average molecular weight is 287 g/mol. The fourth-order valence-corrected chi connectivity index (χ4v) is 1.74. The van der Waals surface area contributed by atoms with Crippen LogP contribution in [0.4, 0.5) is 4.39 Å². The fraction of sp³-hybridized carbons (Fsp3) is 0.133. The summed E-state index contributed by atoms with van der Waals surface area (Å²) in [5, 5.41) is 2.36. The molecule has 108 valence electrons. The van der Waals surface area contributed by atoms with Crippen molar-refractivity contribution in [1.29, 1.82) is 0 Å². The summed E-state index contributed by atoms with van der Waals surface area (Å²) in [4.78, 5) is 29.6. The highest BCUT2D eigenvalue weighted by molar-refractivity contribution is 5.93. The molecule has 1 aromatic carbocycles. The lowest BCUT2D eigenvalue weighted by Crippen LogP contribution is -2.27. The van der Waals surface area contributed by atoms with E-state index in [0.29, 0.717) is 11.4 Å². The normalized spacial score (nSPS) is 10.8. The number of amides is 1. The van der Waals surface area contributed by atoms with Crippen molar-refractivity contribution in [2.45, 2.75) is 6.92 Å². The first-order valence-electron chi connectivity index (χ1n) is 6.27. The van der Waals surface area contributed by atoms with Gasteiger partial charge in [0, 0.05) is 13.2 Å². The average Bonchev–Trinajstić information content (AvgIpc) is 2.48. The van der Waals surface area contributed by atoms with Gasteiger partial charge in [0.25, 0.3) is 11.5 Å². The third-order valence-corrected chi connectivity index (χ3v) is 2.91. The zero-order chi connectivity index (χ0) is 15.4. The van der Waals surface area contributed by atoms with Crippen LogP contribution in [0.15, 0.2) is 29.2 Å². The molecule has 0 aliphatic rings. The Bertz CT molecular complexity index is 766. The number of hydrogen-bond acceptors (Lipinski definition) is 3. The van der Waals surface area contributed by atoms with Gasteiger partial charge in [0.1, 0.15) is 17.2 Å². The van der Waals surface area contributed by atoms with Crippen LogP contribution in [-0.4, -0.2) is 22.9 Å². The quantitative estimate of drug-likeness (QED) is 0.903. The first kappa shape index (κ1) is 14.6. The molecule has 0 bridgehead atoms. The maximum absolute atomic E-state index is 13.1. The smallest absolute Gasteiger partial charge is 0.263 e. The van der Waals surface area contributed by atoms with Crippen molar-refractivity contribution in [1.82, 2.24) is 15.3 Å². The van der Waals surface area contributed by atoms with Gasteiger partial charge in [-0.1, -0.05) is 12.1 Å². The molecule has 1 amide bonds. The predicted molar refractivity (Wildman–Crippen MR) is 78.3 cm³/mol. The van der Waals surface area contributed by atoms with E-state index in [4.69, 9.17) is 0 Å². The third kappa shape index (κ3) is 3.42. The van der Waals surface area contributed by atoms with E-state index in [1.165, 1.54) is 19.3 Å². The van der Waals surface area contributed by atoms with Crippen molar-refractivity contribution in [2.24, 2.45) is 0 Å². The Labute approximate surface area is 120 Å². The van der Waals surface area contributed by atoms with E-state index in [9.17, 15) is 14.0 Å². The first-order chi connectivity index (χ1) is 10.0. The number of carbonyl (C=O) groups excluding carboxylic acids is 1. The highest BCUT2D eigenvalue weighted by atomic mass is 19.1. The van der Waals surface area contributed by atoms with Gasteiger partial charge in [0.15, 0.2) is 0 Å². The fourth-order valence-electron chi connectivity index (χ4n) is 1.74. The number of aryl methyl sites for hydroxylation is 1. The molecule has 0 fully saturated rings. The minimum Gasteiger partial charge on any atom is -0.355 e. The first-order valence-corrected chi connectivity index (χ1v) is 6.27. The topological polar surface area (TPSA) is 74.8 Å². The monoisotopic (exact) mass is 287 g/mol. The van der Waals surface area contributed by atoms with Gasteiger partial charge >= 0.3 is 0 Å². The summed E-state index contributed by atoms with van der Waals surface area (Å²) in [5.41, 5.74) is 0.757. The zero-order valence-electron chi connectivity index (χ0n) is 11.6. The molecule has 2 N–H and O–H groups in total. The number of hydrogen-bond donors (Lipinski definition) is 2. The number of rotatable bonds is 3. The number of carbonyl (C=O) groups is 1. The Kier molecular flexibility index (Phi) is 4.27.